The molecule has 3 heteroatoms. The first kappa shape index (κ1) is 10.9. The second-order valence-corrected chi connectivity index (χ2v) is 4.74. The molecule has 1 aliphatic rings. The lowest BCUT2D eigenvalue weighted by molar-refractivity contribution is 0.0523. The van der Waals surface area contributed by atoms with Crippen molar-refractivity contribution in [3.8, 4) is 0 Å². The van der Waals surface area contributed by atoms with Gasteiger partial charge in [-0.25, -0.2) is 0 Å². The fourth-order valence-electron chi connectivity index (χ4n) is 1.81. The van der Waals surface area contributed by atoms with Crippen molar-refractivity contribution in [2.75, 3.05) is 4.43 Å². The summed E-state index contributed by atoms with van der Waals surface area (Å²) >= 11 is 2.34. The van der Waals surface area contributed by atoms with E-state index < -0.39 is 0 Å². The van der Waals surface area contributed by atoms with Crippen LogP contribution in [0.2, 0.25) is 0 Å². The van der Waals surface area contributed by atoms with E-state index in [1.807, 2.05) is 18.2 Å². The molecule has 2 rings (SSSR count). The Morgan fingerprint density at radius 1 is 1.40 bits per heavy atom. The van der Waals surface area contributed by atoms with Crippen LogP contribution < -0.4 is 0 Å². The lowest BCUT2D eigenvalue weighted by atomic mass is 9.93. The highest BCUT2D eigenvalue weighted by molar-refractivity contribution is 14.1. The third kappa shape index (κ3) is 2.51. The maximum atomic E-state index is 5.45. The van der Waals surface area contributed by atoms with E-state index >= 15 is 0 Å². The van der Waals surface area contributed by atoms with Crippen molar-refractivity contribution in [1.82, 2.24) is 0 Å². The van der Waals surface area contributed by atoms with Gasteiger partial charge in [-0.15, -0.1) is 0 Å². The van der Waals surface area contributed by atoms with Crippen LogP contribution in [0.1, 0.15) is 18.9 Å². The Bertz CT molecular complexity index is 350. The lowest BCUT2D eigenvalue weighted by Crippen LogP contribution is -2.27. The third-order valence-corrected chi connectivity index (χ3v) is 3.61. The molecule has 2 nitrogen and oxygen atoms in total. The summed E-state index contributed by atoms with van der Waals surface area (Å²) in [5.41, 5.74) is 2.26. The van der Waals surface area contributed by atoms with E-state index in [0.29, 0.717) is 5.92 Å². The van der Waals surface area contributed by atoms with Gasteiger partial charge in [0.2, 0.25) is 0 Å². The van der Waals surface area contributed by atoms with Crippen molar-refractivity contribution >= 4 is 28.3 Å². The normalized spacial score (nSPS) is 25.6. The number of alkyl halides is 1. The van der Waals surface area contributed by atoms with Gasteiger partial charge in [0.1, 0.15) is 6.10 Å². The smallest absolute Gasteiger partial charge is 0.137 e. The van der Waals surface area contributed by atoms with Crippen LogP contribution in [0.15, 0.2) is 35.5 Å². The topological polar surface area (TPSA) is 21.6 Å². The van der Waals surface area contributed by atoms with Crippen molar-refractivity contribution in [3.05, 3.63) is 35.9 Å². The van der Waals surface area contributed by atoms with E-state index in [-0.39, 0.29) is 6.10 Å². The third-order valence-electron chi connectivity index (χ3n) is 2.63. The highest BCUT2D eigenvalue weighted by atomic mass is 127. The average Bonchev–Trinajstić information content (AvgIpc) is 2.30. The van der Waals surface area contributed by atoms with Gasteiger partial charge in [-0.3, -0.25) is 0 Å². The summed E-state index contributed by atoms with van der Waals surface area (Å²) in [5.74, 6) is 0.487. The summed E-state index contributed by atoms with van der Waals surface area (Å²) in [5, 5.41) is 4.24. The maximum absolute atomic E-state index is 5.45. The first-order chi connectivity index (χ1) is 7.31. The molecule has 1 heterocycles. The second kappa shape index (κ2) is 4.96. The van der Waals surface area contributed by atoms with Gasteiger partial charge in [-0.1, -0.05) is 65.0 Å². The molecule has 0 aromatic heterocycles. The molecule has 0 spiro atoms. The second-order valence-electron chi connectivity index (χ2n) is 3.86. The molecule has 0 fully saturated rings. The zero-order valence-corrected chi connectivity index (χ0v) is 10.8. The summed E-state index contributed by atoms with van der Waals surface area (Å²) in [7, 11) is 0. The van der Waals surface area contributed by atoms with Crippen LogP contribution in [0.5, 0.6) is 0 Å². The number of halogens is 1. The molecule has 2 atom stereocenters. The number of benzene rings is 1. The molecule has 0 saturated carbocycles. The van der Waals surface area contributed by atoms with Gasteiger partial charge in [0.15, 0.2) is 0 Å². The largest absolute Gasteiger partial charge is 0.391 e. The predicted molar refractivity (Wildman–Crippen MR) is 70.5 cm³/mol. The van der Waals surface area contributed by atoms with E-state index in [1.165, 1.54) is 5.56 Å². The number of rotatable bonds is 2. The Balaban J connectivity index is 2.20. The molecule has 0 aliphatic carbocycles. The van der Waals surface area contributed by atoms with E-state index in [1.54, 1.807) is 0 Å². The zero-order chi connectivity index (χ0) is 10.7. The van der Waals surface area contributed by atoms with E-state index in [4.69, 9.17) is 4.84 Å². The number of hydrogen-bond donors (Lipinski definition) is 0. The van der Waals surface area contributed by atoms with Crippen molar-refractivity contribution in [2.24, 2.45) is 11.1 Å². The van der Waals surface area contributed by atoms with Crippen molar-refractivity contribution in [1.29, 1.82) is 0 Å². The zero-order valence-electron chi connectivity index (χ0n) is 8.69. The quantitative estimate of drug-likeness (QED) is 0.606. The molecule has 0 radical (unpaired) electrons. The average molecular weight is 315 g/mol. The summed E-state index contributed by atoms with van der Waals surface area (Å²) in [6, 6.07) is 10.3. The van der Waals surface area contributed by atoms with Crippen molar-refractivity contribution in [2.45, 2.75) is 19.4 Å². The van der Waals surface area contributed by atoms with Gasteiger partial charge < -0.3 is 4.84 Å². The van der Waals surface area contributed by atoms with Gasteiger partial charge in [0, 0.05) is 10.3 Å². The fraction of sp³-hybridized carbons (Fsp3) is 0.417. The Morgan fingerprint density at radius 3 is 2.73 bits per heavy atom. The molecule has 0 N–H and O–H groups in total. The van der Waals surface area contributed by atoms with Gasteiger partial charge in [-0.2, -0.15) is 0 Å². The van der Waals surface area contributed by atoms with Crippen LogP contribution >= 0.6 is 22.6 Å². The SMILES string of the molecule is CC1CC(CI)ON=C1c1ccccc1. The highest BCUT2D eigenvalue weighted by Crippen LogP contribution is 2.22. The minimum absolute atomic E-state index is 0.285. The molecule has 1 aromatic rings. The molecule has 1 aromatic carbocycles. The molecule has 1 aliphatic heterocycles. The van der Waals surface area contributed by atoms with Gasteiger partial charge in [-0.05, 0) is 12.0 Å². The number of oxime groups is 1. The van der Waals surface area contributed by atoms with Gasteiger partial charge in [0.25, 0.3) is 0 Å². The molecule has 15 heavy (non-hydrogen) atoms. The molecule has 0 bridgehead atoms. The first-order valence-corrected chi connectivity index (χ1v) is 6.69. The van der Waals surface area contributed by atoms with Crippen LogP contribution in [0.3, 0.4) is 0 Å². The molecule has 2 unspecified atom stereocenters. The molecular weight excluding hydrogens is 301 g/mol. The first-order valence-electron chi connectivity index (χ1n) is 5.16. The monoisotopic (exact) mass is 315 g/mol. The van der Waals surface area contributed by atoms with Crippen molar-refractivity contribution in [3.63, 3.8) is 0 Å². The standard InChI is InChI=1S/C12H14INO/c1-9-7-11(8-13)15-14-12(9)10-5-3-2-4-6-10/h2-6,9,11H,7-8H2,1H3. The summed E-state index contributed by atoms with van der Waals surface area (Å²) in [4.78, 5) is 5.45. The molecule has 0 saturated heterocycles. The Morgan fingerprint density at radius 2 is 2.13 bits per heavy atom. The number of nitrogens with zero attached hydrogens (tertiary/aromatic N) is 1. The predicted octanol–water partition coefficient (Wildman–Crippen LogP) is 3.25. The Hall–Kier alpha value is -0.580. The minimum atomic E-state index is 0.285. The van der Waals surface area contributed by atoms with Gasteiger partial charge >= 0.3 is 0 Å². The number of hydrogen-bond acceptors (Lipinski definition) is 2. The van der Waals surface area contributed by atoms with E-state index in [9.17, 15) is 0 Å². The Labute approximate surface area is 104 Å². The fourth-order valence-corrected chi connectivity index (χ4v) is 2.33. The lowest BCUT2D eigenvalue weighted by Gasteiger charge is -2.24. The maximum Gasteiger partial charge on any atom is 0.137 e. The van der Waals surface area contributed by atoms with Crippen molar-refractivity contribution < 1.29 is 4.84 Å². The van der Waals surface area contributed by atoms with Gasteiger partial charge in [0.05, 0.1) is 5.71 Å². The van der Waals surface area contributed by atoms with Crippen LogP contribution in [0.25, 0.3) is 0 Å². The summed E-state index contributed by atoms with van der Waals surface area (Å²) in [6.45, 7) is 2.22. The highest BCUT2D eigenvalue weighted by Gasteiger charge is 2.24. The van der Waals surface area contributed by atoms with Crippen LogP contribution in [0, 0.1) is 5.92 Å². The van der Waals surface area contributed by atoms with E-state index in [0.717, 1.165) is 16.6 Å². The summed E-state index contributed by atoms with van der Waals surface area (Å²) < 4.78 is 1.01. The van der Waals surface area contributed by atoms with E-state index in [2.05, 4.69) is 46.8 Å². The van der Waals surface area contributed by atoms with Crippen LogP contribution in [0.4, 0.5) is 0 Å². The van der Waals surface area contributed by atoms with Crippen LogP contribution in [-0.2, 0) is 4.84 Å². The molecular formula is C12H14INO. The minimum Gasteiger partial charge on any atom is -0.391 e. The van der Waals surface area contributed by atoms with Crippen LogP contribution in [-0.4, -0.2) is 16.2 Å². The summed E-state index contributed by atoms with van der Waals surface area (Å²) in [6.07, 6.45) is 1.35. The Kier molecular flexibility index (Phi) is 3.61. The molecule has 80 valence electrons. The molecule has 0 amide bonds.